The molecule has 1 heterocycles. The summed E-state index contributed by atoms with van der Waals surface area (Å²) in [5.74, 6) is 0.656. The summed E-state index contributed by atoms with van der Waals surface area (Å²) in [4.78, 5) is 16.0. The Labute approximate surface area is 134 Å². The first-order chi connectivity index (χ1) is 10.8. The second-order valence-electron chi connectivity index (χ2n) is 4.61. The van der Waals surface area contributed by atoms with Gasteiger partial charge in [0.2, 0.25) is 0 Å². The zero-order valence-corrected chi connectivity index (χ0v) is 13.3. The highest BCUT2D eigenvalue weighted by Gasteiger charge is 2.03. The van der Waals surface area contributed by atoms with Crippen LogP contribution in [0.4, 0.5) is 0 Å². The number of amides is 1. The average molecular weight is 316 g/mol. The predicted molar refractivity (Wildman–Crippen MR) is 91.3 cm³/mol. The van der Waals surface area contributed by atoms with Gasteiger partial charge in [-0.25, -0.2) is 0 Å². The van der Waals surface area contributed by atoms with Crippen LogP contribution in [-0.4, -0.2) is 32.0 Å². The molecule has 0 saturated heterocycles. The molecule has 2 aromatic rings. The van der Waals surface area contributed by atoms with E-state index in [1.54, 1.807) is 30.5 Å². The van der Waals surface area contributed by atoms with Gasteiger partial charge in [-0.05, 0) is 34.5 Å². The Balaban J connectivity index is 1.65. The Hall–Kier alpha value is -2.34. The topological polar surface area (TPSA) is 65.5 Å². The first kappa shape index (κ1) is 16.0. The monoisotopic (exact) mass is 316 g/mol. The highest BCUT2D eigenvalue weighted by atomic mass is 32.1. The van der Waals surface area contributed by atoms with E-state index in [0.29, 0.717) is 18.7 Å². The van der Waals surface area contributed by atoms with Gasteiger partial charge in [-0.1, -0.05) is 18.2 Å². The number of carbonyl (C=O) groups excluding carboxylic acids is 1. The van der Waals surface area contributed by atoms with E-state index < -0.39 is 0 Å². The van der Waals surface area contributed by atoms with Crippen LogP contribution in [0.25, 0.3) is 0 Å². The van der Waals surface area contributed by atoms with Gasteiger partial charge < -0.3 is 16.0 Å². The average Bonchev–Trinajstić information content (AvgIpc) is 3.08. The summed E-state index contributed by atoms with van der Waals surface area (Å²) in [5.41, 5.74) is 1.90. The molecule has 116 valence electrons. The minimum atomic E-state index is -0.0661. The molecule has 0 fully saturated rings. The first-order valence-corrected chi connectivity index (χ1v) is 8.02. The summed E-state index contributed by atoms with van der Waals surface area (Å²) in [6.07, 6.45) is 0. The third kappa shape index (κ3) is 5.21. The Morgan fingerprint density at radius 3 is 2.55 bits per heavy atom. The number of benzene rings is 1. The van der Waals surface area contributed by atoms with Crippen molar-refractivity contribution in [3.63, 3.8) is 0 Å². The van der Waals surface area contributed by atoms with Crippen molar-refractivity contribution in [1.29, 1.82) is 0 Å². The Morgan fingerprint density at radius 2 is 1.86 bits per heavy atom. The largest absolute Gasteiger partial charge is 0.355 e. The van der Waals surface area contributed by atoms with Crippen LogP contribution < -0.4 is 16.0 Å². The van der Waals surface area contributed by atoms with E-state index in [0.717, 1.165) is 12.5 Å². The number of hydrogen-bond donors (Lipinski definition) is 3. The molecule has 1 aromatic carbocycles. The molecule has 5 nitrogen and oxygen atoms in total. The smallest absolute Gasteiger partial charge is 0.251 e. The van der Waals surface area contributed by atoms with Crippen molar-refractivity contribution >= 4 is 23.2 Å². The summed E-state index contributed by atoms with van der Waals surface area (Å²) >= 11 is 1.67. The Kier molecular flexibility index (Phi) is 6.44. The standard InChI is InChI=1S/C16H20N4OS/c1-17-16(20-11-13-7-10-22-12-13)19-9-8-18-15(21)14-5-3-2-4-6-14/h2-7,10,12H,8-9,11H2,1H3,(H,18,21)(H2,17,19,20). The third-order valence-electron chi connectivity index (χ3n) is 3.00. The Morgan fingerprint density at radius 1 is 1.09 bits per heavy atom. The van der Waals surface area contributed by atoms with E-state index in [9.17, 15) is 4.79 Å². The minimum absolute atomic E-state index is 0.0661. The van der Waals surface area contributed by atoms with Crippen molar-refractivity contribution in [2.75, 3.05) is 20.1 Å². The van der Waals surface area contributed by atoms with Crippen LogP contribution >= 0.6 is 11.3 Å². The molecular weight excluding hydrogens is 296 g/mol. The van der Waals surface area contributed by atoms with Crippen LogP contribution in [0.15, 0.2) is 52.2 Å². The SMILES string of the molecule is CN=C(NCCNC(=O)c1ccccc1)NCc1ccsc1. The van der Waals surface area contributed by atoms with Gasteiger partial charge in [0.25, 0.3) is 5.91 Å². The van der Waals surface area contributed by atoms with Gasteiger partial charge in [-0.2, -0.15) is 11.3 Å². The third-order valence-corrected chi connectivity index (χ3v) is 3.73. The summed E-state index contributed by atoms with van der Waals surface area (Å²) in [6.45, 7) is 1.88. The van der Waals surface area contributed by atoms with Gasteiger partial charge in [0.05, 0.1) is 0 Å². The van der Waals surface area contributed by atoms with E-state index in [2.05, 4.69) is 32.4 Å². The first-order valence-electron chi connectivity index (χ1n) is 7.08. The van der Waals surface area contributed by atoms with Crippen molar-refractivity contribution in [3.05, 3.63) is 58.3 Å². The summed E-state index contributed by atoms with van der Waals surface area (Å²) in [7, 11) is 1.73. The lowest BCUT2D eigenvalue weighted by atomic mass is 10.2. The van der Waals surface area contributed by atoms with E-state index in [-0.39, 0.29) is 5.91 Å². The number of thiophene rings is 1. The predicted octanol–water partition coefficient (Wildman–Crippen LogP) is 1.84. The fourth-order valence-corrected chi connectivity index (χ4v) is 2.52. The summed E-state index contributed by atoms with van der Waals surface area (Å²) < 4.78 is 0. The molecule has 0 aliphatic heterocycles. The molecule has 6 heteroatoms. The fraction of sp³-hybridized carbons (Fsp3) is 0.250. The molecule has 22 heavy (non-hydrogen) atoms. The van der Waals surface area contributed by atoms with Crippen LogP contribution in [0, 0.1) is 0 Å². The lowest BCUT2D eigenvalue weighted by Gasteiger charge is -2.11. The van der Waals surface area contributed by atoms with Crippen molar-refractivity contribution in [1.82, 2.24) is 16.0 Å². The van der Waals surface area contributed by atoms with E-state index in [1.165, 1.54) is 5.56 Å². The van der Waals surface area contributed by atoms with Gasteiger partial charge in [-0.3, -0.25) is 9.79 Å². The zero-order chi connectivity index (χ0) is 15.6. The molecule has 0 aliphatic rings. The van der Waals surface area contributed by atoms with Gasteiger partial charge in [-0.15, -0.1) is 0 Å². The maximum absolute atomic E-state index is 11.9. The summed E-state index contributed by atoms with van der Waals surface area (Å²) in [6, 6.07) is 11.3. The highest BCUT2D eigenvalue weighted by molar-refractivity contribution is 7.07. The van der Waals surface area contributed by atoms with E-state index in [1.807, 2.05) is 23.6 Å². The van der Waals surface area contributed by atoms with Crippen molar-refractivity contribution in [3.8, 4) is 0 Å². The fourth-order valence-electron chi connectivity index (χ4n) is 1.85. The summed E-state index contributed by atoms with van der Waals surface area (Å²) in [5, 5.41) is 13.4. The number of hydrogen-bond acceptors (Lipinski definition) is 3. The lowest BCUT2D eigenvalue weighted by Crippen LogP contribution is -2.41. The van der Waals surface area contributed by atoms with Crippen LogP contribution in [0.3, 0.4) is 0 Å². The molecule has 0 unspecified atom stereocenters. The molecular formula is C16H20N4OS. The van der Waals surface area contributed by atoms with Gasteiger partial charge in [0.1, 0.15) is 0 Å². The van der Waals surface area contributed by atoms with Crippen molar-refractivity contribution in [2.45, 2.75) is 6.54 Å². The molecule has 0 bridgehead atoms. The molecule has 3 N–H and O–H groups in total. The molecule has 0 spiro atoms. The van der Waals surface area contributed by atoms with Gasteiger partial charge in [0, 0.05) is 32.2 Å². The number of guanidine groups is 1. The number of carbonyl (C=O) groups is 1. The normalized spacial score (nSPS) is 11.0. The second kappa shape index (κ2) is 8.84. The molecule has 0 radical (unpaired) electrons. The van der Waals surface area contributed by atoms with Crippen LogP contribution in [0.1, 0.15) is 15.9 Å². The van der Waals surface area contributed by atoms with Crippen LogP contribution in [-0.2, 0) is 6.54 Å². The molecule has 0 saturated carbocycles. The minimum Gasteiger partial charge on any atom is -0.355 e. The molecule has 1 amide bonds. The number of nitrogens with one attached hydrogen (secondary N) is 3. The lowest BCUT2D eigenvalue weighted by molar-refractivity contribution is 0.0954. The van der Waals surface area contributed by atoms with Crippen molar-refractivity contribution in [2.24, 2.45) is 4.99 Å². The van der Waals surface area contributed by atoms with Crippen LogP contribution in [0.5, 0.6) is 0 Å². The Bertz CT molecular complexity index is 596. The van der Waals surface area contributed by atoms with E-state index in [4.69, 9.17) is 0 Å². The second-order valence-corrected chi connectivity index (χ2v) is 5.39. The maximum Gasteiger partial charge on any atom is 0.251 e. The number of rotatable bonds is 6. The van der Waals surface area contributed by atoms with Gasteiger partial charge >= 0.3 is 0 Å². The number of aliphatic imine (C=N–C) groups is 1. The molecule has 2 rings (SSSR count). The van der Waals surface area contributed by atoms with Gasteiger partial charge in [0.15, 0.2) is 5.96 Å². The van der Waals surface area contributed by atoms with Crippen LogP contribution in [0.2, 0.25) is 0 Å². The van der Waals surface area contributed by atoms with Crippen molar-refractivity contribution < 1.29 is 4.79 Å². The molecule has 0 aliphatic carbocycles. The quantitative estimate of drug-likeness (QED) is 0.433. The highest BCUT2D eigenvalue weighted by Crippen LogP contribution is 2.04. The molecule has 0 atom stereocenters. The number of nitrogens with zero attached hydrogens (tertiary/aromatic N) is 1. The zero-order valence-electron chi connectivity index (χ0n) is 12.5. The molecule has 1 aromatic heterocycles. The maximum atomic E-state index is 11.9. The van der Waals surface area contributed by atoms with E-state index >= 15 is 0 Å².